The summed E-state index contributed by atoms with van der Waals surface area (Å²) in [4.78, 5) is 3.28. The largest absolute Gasteiger partial charge is 0.384 e. The van der Waals surface area contributed by atoms with E-state index in [-0.39, 0.29) is 5.84 Å². The molecule has 0 bridgehead atoms. The van der Waals surface area contributed by atoms with Crippen molar-refractivity contribution in [2.24, 2.45) is 11.5 Å². The molecule has 0 aliphatic carbocycles. The summed E-state index contributed by atoms with van der Waals surface area (Å²) in [6.07, 6.45) is 3.32. The zero-order valence-corrected chi connectivity index (χ0v) is 12.2. The number of allylic oxidation sites excluding steroid dienone is 1. The van der Waals surface area contributed by atoms with Gasteiger partial charge in [-0.1, -0.05) is 17.2 Å². The fourth-order valence-corrected chi connectivity index (χ4v) is 2.50. The summed E-state index contributed by atoms with van der Waals surface area (Å²) in [6.45, 7) is 2.46. The van der Waals surface area contributed by atoms with Gasteiger partial charge in [0.15, 0.2) is 0 Å². The first kappa shape index (κ1) is 14.6. The van der Waals surface area contributed by atoms with E-state index in [1.54, 1.807) is 6.08 Å². The lowest BCUT2D eigenvalue weighted by Crippen LogP contribution is -2.05. The van der Waals surface area contributed by atoms with Crippen LogP contribution in [0.4, 0.5) is 0 Å². The minimum Gasteiger partial charge on any atom is -0.384 e. The Labute approximate surface area is 123 Å². The molecule has 1 aromatic carbocycles. The maximum atomic E-state index is 7.24. The number of aromatic nitrogens is 1. The summed E-state index contributed by atoms with van der Waals surface area (Å²) in [5, 5.41) is 9.08. The van der Waals surface area contributed by atoms with Gasteiger partial charge in [-0.25, -0.2) is 0 Å². The van der Waals surface area contributed by atoms with E-state index in [1.165, 1.54) is 0 Å². The molecule has 0 saturated carbocycles. The van der Waals surface area contributed by atoms with Crippen molar-refractivity contribution in [2.75, 3.05) is 0 Å². The highest BCUT2D eigenvalue weighted by molar-refractivity contribution is 6.32. The smallest absolute Gasteiger partial charge is 0.115 e. The van der Waals surface area contributed by atoms with Crippen LogP contribution in [0, 0.1) is 5.41 Å². The second-order valence-corrected chi connectivity index (χ2v) is 5.38. The van der Waals surface area contributed by atoms with E-state index in [0.717, 1.165) is 45.6 Å². The standard InChI is InChI=1S/C15H19ClN4/c1-9(4-15(18)19)2-3-10-7-14-11(6-13(10)16)5-12(8-17)20-14/h4-7,20H,2-3,8,17H2,1H3,(H3,18,19)/b9-4+. The Morgan fingerprint density at radius 3 is 2.80 bits per heavy atom. The quantitative estimate of drug-likeness (QED) is 0.503. The van der Waals surface area contributed by atoms with Gasteiger partial charge in [-0.2, -0.15) is 0 Å². The maximum absolute atomic E-state index is 7.24. The zero-order valence-electron chi connectivity index (χ0n) is 11.5. The zero-order chi connectivity index (χ0) is 14.7. The SMILES string of the molecule is C/C(=C\C(=N)N)CCc1cc2[nH]c(CN)cc2cc1Cl. The van der Waals surface area contributed by atoms with Crippen LogP contribution in [0.1, 0.15) is 24.6 Å². The summed E-state index contributed by atoms with van der Waals surface area (Å²) in [7, 11) is 0. The van der Waals surface area contributed by atoms with Crippen LogP contribution in [0.2, 0.25) is 5.02 Å². The van der Waals surface area contributed by atoms with Crippen molar-refractivity contribution in [1.82, 2.24) is 4.98 Å². The number of amidine groups is 1. The molecule has 2 rings (SSSR count). The van der Waals surface area contributed by atoms with Gasteiger partial charge in [0, 0.05) is 28.2 Å². The van der Waals surface area contributed by atoms with Crippen molar-refractivity contribution < 1.29 is 0 Å². The molecule has 0 amide bonds. The van der Waals surface area contributed by atoms with Crippen molar-refractivity contribution in [1.29, 1.82) is 5.41 Å². The minimum absolute atomic E-state index is 0.0843. The molecule has 5 heteroatoms. The van der Waals surface area contributed by atoms with Crippen LogP contribution >= 0.6 is 11.6 Å². The van der Waals surface area contributed by atoms with Crippen LogP contribution in [0.15, 0.2) is 29.8 Å². The molecule has 106 valence electrons. The third kappa shape index (κ3) is 3.40. The van der Waals surface area contributed by atoms with Gasteiger partial charge in [-0.15, -0.1) is 0 Å². The summed E-state index contributed by atoms with van der Waals surface area (Å²) >= 11 is 6.31. The molecule has 0 radical (unpaired) electrons. The van der Waals surface area contributed by atoms with E-state index in [0.29, 0.717) is 6.54 Å². The van der Waals surface area contributed by atoms with Gasteiger partial charge < -0.3 is 16.5 Å². The number of hydrogen-bond donors (Lipinski definition) is 4. The lowest BCUT2D eigenvalue weighted by molar-refractivity contribution is 0.943. The number of nitrogens with two attached hydrogens (primary N) is 2. The van der Waals surface area contributed by atoms with Crippen LogP contribution in [-0.4, -0.2) is 10.8 Å². The Hall–Kier alpha value is -1.78. The number of halogens is 1. The molecule has 0 atom stereocenters. The number of aryl methyl sites for hydroxylation is 1. The fourth-order valence-electron chi connectivity index (χ4n) is 2.23. The number of fused-ring (bicyclic) bond motifs is 1. The second-order valence-electron chi connectivity index (χ2n) is 4.98. The molecule has 0 fully saturated rings. The fraction of sp³-hybridized carbons (Fsp3) is 0.267. The Morgan fingerprint density at radius 1 is 1.40 bits per heavy atom. The number of rotatable bonds is 5. The summed E-state index contributed by atoms with van der Waals surface area (Å²) in [5.41, 5.74) is 15.2. The maximum Gasteiger partial charge on any atom is 0.115 e. The highest BCUT2D eigenvalue weighted by Crippen LogP contribution is 2.26. The van der Waals surface area contributed by atoms with Crippen molar-refractivity contribution in [3.8, 4) is 0 Å². The Kier molecular flexibility index (Phi) is 4.47. The van der Waals surface area contributed by atoms with Crippen LogP contribution in [0.3, 0.4) is 0 Å². The molecular formula is C15H19ClN4. The molecule has 4 nitrogen and oxygen atoms in total. The summed E-state index contributed by atoms with van der Waals surface area (Å²) < 4.78 is 0. The van der Waals surface area contributed by atoms with Gasteiger partial charge in [0.25, 0.3) is 0 Å². The van der Waals surface area contributed by atoms with E-state index in [4.69, 9.17) is 28.5 Å². The van der Waals surface area contributed by atoms with E-state index in [9.17, 15) is 0 Å². The van der Waals surface area contributed by atoms with E-state index in [2.05, 4.69) is 11.1 Å². The van der Waals surface area contributed by atoms with Crippen molar-refractivity contribution in [3.63, 3.8) is 0 Å². The van der Waals surface area contributed by atoms with Crippen LogP contribution in [0.25, 0.3) is 10.9 Å². The number of aromatic amines is 1. The lowest BCUT2D eigenvalue weighted by Gasteiger charge is -2.05. The third-order valence-corrected chi connectivity index (χ3v) is 3.61. The van der Waals surface area contributed by atoms with Gasteiger partial charge in [-0.3, -0.25) is 5.41 Å². The van der Waals surface area contributed by atoms with Gasteiger partial charge in [0.1, 0.15) is 5.84 Å². The Bertz CT molecular complexity index is 670. The van der Waals surface area contributed by atoms with Gasteiger partial charge in [0.2, 0.25) is 0 Å². The predicted molar refractivity (Wildman–Crippen MR) is 85.2 cm³/mol. The molecule has 0 aliphatic rings. The normalized spacial score (nSPS) is 12.1. The molecule has 20 heavy (non-hydrogen) atoms. The monoisotopic (exact) mass is 290 g/mol. The number of benzene rings is 1. The first-order valence-electron chi connectivity index (χ1n) is 6.51. The van der Waals surface area contributed by atoms with Gasteiger partial charge in [-0.05, 0) is 49.6 Å². The van der Waals surface area contributed by atoms with Crippen molar-refractivity contribution in [3.05, 3.63) is 46.1 Å². The molecule has 6 N–H and O–H groups in total. The Morgan fingerprint density at radius 2 is 2.15 bits per heavy atom. The molecule has 1 aromatic heterocycles. The molecule has 0 saturated heterocycles. The van der Waals surface area contributed by atoms with E-state index >= 15 is 0 Å². The number of nitrogens with one attached hydrogen (secondary N) is 2. The average molecular weight is 291 g/mol. The van der Waals surface area contributed by atoms with Gasteiger partial charge in [0.05, 0.1) is 0 Å². The van der Waals surface area contributed by atoms with Crippen LogP contribution < -0.4 is 11.5 Å². The van der Waals surface area contributed by atoms with Crippen LogP contribution in [0.5, 0.6) is 0 Å². The highest BCUT2D eigenvalue weighted by Gasteiger charge is 2.06. The van der Waals surface area contributed by atoms with Crippen molar-refractivity contribution in [2.45, 2.75) is 26.3 Å². The average Bonchev–Trinajstić information content (AvgIpc) is 2.77. The van der Waals surface area contributed by atoms with E-state index < -0.39 is 0 Å². The Balaban J connectivity index is 2.21. The molecule has 0 aliphatic heterocycles. The molecular weight excluding hydrogens is 272 g/mol. The van der Waals surface area contributed by atoms with Crippen LogP contribution in [-0.2, 0) is 13.0 Å². The predicted octanol–water partition coefficient (Wildman–Crippen LogP) is 3.09. The number of hydrogen-bond acceptors (Lipinski definition) is 2. The minimum atomic E-state index is 0.0843. The molecule has 2 aromatic rings. The van der Waals surface area contributed by atoms with E-state index in [1.807, 2.05) is 19.1 Å². The molecule has 1 heterocycles. The topological polar surface area (TPSA) is 91.7 Å². The number of H-pyrrole nitrogens is 1. The van der Waals surface area contributed by atoms with Gasteiger partial charge >= 0.3 is 0 Å². The first-order chi connectivity index (χ1) is 9.49. The van der Waals surface area contributed by atoms with Crippen molar-refractivity contribution >= 4 is 28.3 Å². The molecule has 0 spiro atoms. The summed E-state index contributed by atoms with van der Waals surface area (Å²) in [5.74, 6) is 0.0843. The first-order valence-corrected chi connectivity index (χ1v) is 6.88. The third-order valence-electron chi connectivity index (χ3n) is 3.25. The molecule has 0 unspecified atom stereocenters. The second kappa shape index (κ2) is 6.11. The lowest BCUT2D eigenvalue weighted by atomic mass is 10.0. The highest BCUT2D eigenvalue weighted by atomic mass is 35.5. The summed E-state index contributed by atoms with van der Waals surface area (Å²) in [6, 6.07) is 6.05.